The van der Waals surface area contributed by atoms with Crippen LogP contribution in [0, 0.1) is 12.8 Å². The molecule has 2 aromatic carbocycles. The summed E-state index contributed by atoms with van der Waals surface area (Å²) in [5.41, 5.74) is 3.71. The van der Waals surface area contributed by atoms with E-state index in [-0.39, 0.29) is 17.7 Å². The highest BCUT2D eigenvalue weighted by Gasteiger charge is 2.29. The Bertz CT molecular complexity index is 833. The molecule has 1 fully saturated rings. The molecule has 0 unspecified atom stereocenters. The van der Waals surface area contributed by atoms with Crippen LogP contribution in [-0.4, -0.2) is 29.8 Å². The normalized spacial score (nSPS) is 16.9. The molecule has 1 atom stereocenters. The molecule has 0 radical (unpaired) electrons. The number of nitrogens with one attached hydrogen (secondary N) is 1. The van der Waals surface area contributed by atoms with Crippen molar-refractivity contribution < 1.29 is 9.59 Å². The highest BCUT2D eigenvalue weighted by atomic mass is 35.5. The lowest BCUT2D eigenvalue weighted by Crippen LogP contribution is -2.43. The van der Waals surface area contributed by atoms with Crippen LogP contribution in [0.15, 0.2) is 42.5 Å². The molecule has 4 nitrogen and oxygen atoms in total. The van der Waals surface area contributed by atoms with Crippen LogP contribution in [0.3, 0.4) is 0 Å². The summed E-state index contributed by atoms with van der Waals surface area (Å²) < 4.78 is 0. The quantitative estimate of drug-likeness (QED) is 0.830. The van der Waals surface area contributed by atoms with E-state index < -0.39 is 0 Å². The monoisotopic (exact) mass is 384 g/mol. The highest BCUT2D eigenvalue weighted by Crippen LogP contribution is 2.25. The molecule has 2 aromatic rings. The highest BCUT2D eigenvalue weighted by molar-refractivity contribution is 6.30. The molecule has 2 amide bonds. The molecule has 0 aromatic heterocycles. The van der Waals surface area contributed by atoms with Gasteiger partial charge in [-0.2, -0.15) is 0 Å². The second-order valence-corrected chi connectivity index (χ2v) is 7.49. The number of hydrogen-bond donors (Lipinski definition) is 1. The fourth-order valence-corrected chi connectivity index (χ4v) is 3.70. The number of nitrogens with zero attached hydrogens (tertiary/aromatic N) is 1. The third-order valence-corrected chi connectivity index (χ3v) is 5.41. The second-order valence-electron chi connectivity index (χ2n) is 7.05. The number of amides is 2. The number of anilines is 1. The third kappa shape index (κ3) is 4.51. The van der Waals surface area contributed by atoms with Crippen molar-refractivity contribution in [2.75, 3.05) is 18.4 Å². The van der Waals surface area contributed by atoms with E-state index in [1.807, 2.05) is 25.1 Å². The fourth-order valence-electron chi connectivity index (χ4n) is 3.58. The number of para-hydroxylation sites is 1. The first-order valence-electron chi connectivity index (χ1n) is 9.43. The molecule has 3 rings (SSSR count). The van der Waals surface area contributed by atoms with E-state index in [1.54, 1.807) is 29.2 Å². The van der Waals surface area contributed by atoms with Crippen molar-refractivity contribution >= 4 is 29.1 Å². The van der Waals surface area contributed by atoms with E-state index in [9.17, 15) is 9.59 Å². The van der Waals surface area contributed by atoms with Crippen molar-refractivity contribution in [2.45, 2.75) is 33.1 Å². The average Bonchev–Trinajstić information content (AvgIpc) is 2.69. The lowest BCUT2D eigenvalue weighted by Gasteiger charge is -2.32. The number of rotatable bonds is 4. The maximum absolute atomic E-state index is 12.9. The number of hydrogen-bond acceptors (Lipinski definition) is 2. The summed E-state index contributed by atoms with van der Waals surface area (Å²) in [6, 6.07) is 13.0. The molecular weight excluding hydrogens is 360 g/mol. The Labute approximate surface area is 165 Å². The Morgan fingerprint density at radius 1 is 1.19 bits per heavy atom. The number of benzene rings is 2. The first kappa shape index (κ1) is 19.4. The van der Waals surface area contributed by atoms with Crippen molar-refractivity contribution in [3.63, 3.8) is 0 Å². The summed E-state index contributed by atoms with van der Waals surface area (Å²) in [6.45, 7) is 5.21. The minimum atomic E-state index is -0.195. The molecule has 1 saturated heterocycles. The Hall–Kier alpha value is -2.33. The molecule has 142 valence electrons. The van der Waals surface area contributed by atoms with E-state index in [2.05, 4.69) is 12.2 Å². The number of carbonyl (C=O) groups excluding carboxylic acids is 2. The minimum Gasteiger partial charge on any atom is -0.338 e. The Balaban J connectivity index is 1.70. The third-order valence-electron chi connectivity index (χ3n) is 5.16. The standard InChI is InChI=1S/C22H25ClN2O2/c1-3-16-7-4-6-15(2)20(16)24-21(26)18-8-5-13-25(14-18)22(27)17-9-11-19(23)12-10-17/h4,6-7,9-12,18H,3,5,8,13-14H2,1-2H3,(H,24,26)/t18-/m0/s1. The molecule has 0 bridgehead atoms. The second kappa shape index (κ2) is 8.57. The summed E-state index contributed by atoms with van der Waals surface area (Å²) in [5, 5.41) is 3.72. The largest absolute Gasteiger partial charge is 0.338 e. The van der Waals surface area contributed by atoms with Gasteiger partial charge >= 0.3 is 0 Å². The van der Waals surface area contributed by atoms with Gasteiger partial charge in [0.15, 0.2) is 0 Å². The number of carbonyl (C=O) groups is 2. The smallest absolute Gasteiger partial charge is 0.253 e. The Kier molecular flexibility index (Phi) is 6.17. The number of halogens is 1. The van der Waals surface area contributed by atoms with Gasteiger partial charge in [0.05, 0.1) is 5.92 Å². The van der Waals surface area contributed by atoms with Crippen LogP contribution >= 0.6 is 11.6 Å². The molecule has 1 aliphatic rings. The number of likely N-dealkylation sites (tertiary alicyclic amines) is 1. The average molecular weight is 385 g/mol. The van der Waals surface area contributed by atoms with Gasteiger partial charge in [-0.05, 0) is 61.6 Å². The molecule has 5 heteroatoms. The van der Waals surface area contributed by atoms with E-state index in [0.29, 0.717) is 23.7 Å². The lowest BCUT2D eigenvalue weighted by atomic mass is 9.95. The molecule has 1 N–H and O–H groups in total. The van der Waals surface area contributed by atoms with Crippen LogP contribution in [-0.2, 0) is 11.2 Å². The van der Waals surface area contributed by atoms with Gasteiger partial charge in [-0.1, -0.05) is 36.7 Å². The van der Waals surface area contributed by atoms with E-state index in [1.165, 1.54) is 0 Å². The Morgan fingerprint density at radius 2 is 1.93 bits per heavy atom. The maximum atomic E-state index is 12.9. The van der Waals surface area contributed by atoms with Gasteiger partial charge in [-0.25, -0.2) is 0 Å². The van der Waals surface area contributed by atoms with Gasteiger partial charge in [-0.3, -0.25) is 9.59 Å². The van der Waals surface area contributed by atoms with Crippen molar-refractivity contribution in [3.8, 4) is 0 Å². The zero-order valence-electron chi connectivity index (χ0n) is 15.8. The molecule has 0 saturated carbocycles. The first-order chi connectivity index (χ1) is 13.0. The van der Waals surface area contributed by atoms with Gasteiger partial charge in [0.2, 0.25) is 5.91 Å². The predicted molar refractivity (Wildman–Crippen MR) is 109 cm³/mol. The summed E-state index contributed by atoms with van der Waals surface area (Å²) >= 11 is 5.90. The van der Waals surface area contributed by atoms with Gasteiger partial charge in [0.25, 0.3) is 5.91 Å². The van der Waals surface area contributed by atoms with Crippen LogP contribution in [0.4, 0.5) is 5.69 Å². The first-order valence-corrected chi connectivity index (χ1v) is 9.81. The molecule has 0 spiro atoms. The van der Waals surface area contributed by atoms with Crippen LogP contribution in [0.2, 0.25) is 5.02 Å². The maximum Gasteiger partial charge on any atom is 0.253 e. The van der Waals surface area contributed by atoms with Crippen LogP contribution in [0.25, 0.3) is 0 Å². The number of piperidine rings is 1. The molecule has 1 aliphatic heterocycles. The summed E-state index contributed by atoms with van der Waals surface area (Å²) in [4.78, 5) is 27.4. The lowest BCUT2D eigenvalue weighted by molar-refractivity contribution is -0.121. The van der Waals surface area contributed by atoms with Gasteiger partial charge in [0, 0.05) is 29.4 Å². The van der Waals surface area contributed by atoms with Crippen molar-refractivity contribution in [2.24, 2.45) is 5.92 Å². The van der Waals surface area contributed by atoms with Crippen molar-refractivity contribution in [1.29, 1.82) is 0 Å². The van der Waals surface area contributed by atoms with E-state index >= 15 is 0 Å². The molecule has 27 heavy (non-hydrogen) atoms. The van der Waals surface area contributed by atoms with Gasteiger partial charge in [0.1, 0.15) is 0 Å². The predicted octanol–water partition coefficient (Wildman–Crippen LogP) is 4.70. The van der Waals surface area contributed by atoms with Gasteiger partial charge in [-0.15, -0.1) is 0 Å². The van der Waals surface area contributed by atoms with Gasteiger partial charge < -0.3 is 10.2 Å². The number of aryl methyl sites for hydroxylation is 2. The molecule has 1 heterocycles. The van der Waals surface area contributed by atoms with Crippen LogP contribution in [0.1, 0.15) is 41.3 Å². The topological polar surface area (TPSA) is 49.4 Å². The SMILES string of the molecule is CCc1cccc(C)c1NC(=O)[C@H]1CCCN(C(=O)c2ccc(Cl)cc2)C1. The fraction of sp³-hybridized carbons (Fsp3) is 0.364. The van der Waals surface area contributed by atoms with Crippen molar-refractivity contribution in [1.82, 2.24) is 4.90 Å². The van der Waals surface area contributed by atoms with E-state index in [0.717, 1.165) is 36.1 Å². The molecule has 0 aliphatic carbocycles. The van der Waals surface area contributed by atoms with Crippen LogP contribution < -0.4 is 5.32 Å². The van der Waals surface area contributed by atoms with Crippen molar-refractivity contribution in [3.05, 3.63) is 64.2 Å². The summed E-state index contributed by atoms with van der Waals surface area (Å²) in [7, 11) is 0. The zero-order chi connectivity index (χ0) is 19.4. The summed E-state index contributed by atoms with van der Waals surface area (Å²) in [5.74, 6) is -0.249. The van der Waals surface area contributed by atoms with E-state index in [4.69, 9.17) is 11.6 Å². The molecular formula is C22H25ClN2O2. The summed E-state index contributed by atoms with van der Waals surface area (Å²) in [6.07, 6.45) is 2.48. The van der Waals surface area contributed by atoms with Crippen LogP contribution in [0.5, 0.6) is 0 Å². The zero-order valence-corrected chi connectivity index (χ0v) is 16.6. The Morgan fingerprint density at radius 3 is 2.63 bits per heavy atom. The minimum absolute atomic E-state index is 0.00685.